The van der Waals surface area contributed by atoms with E-state index < -0.39 is 0 Å². The Labute approximate surface area is 177 Å². The van der Waals surface area contributed by atoms with E-state index in [2.05, 4.69) is 50.6 Å². The molecule has 1 saturated heterocycles. The van der Waals surface area contributed by atoms with Crippen LogP contribution in [0.3, 0.4) is 0 Å². The zero-order valence-electron chi connectivity index (χ0n) is 16.4. The van der Waals surface area contributed by atoms with E-state index in [4.69, 9.17) is 4.98 Å². The fourth-order valence-corrected chi connectivity index (χ4v) is 4.95. The number of piperidine rings is 1. The molecule has 0 radical (unpaired) electrons. The Bertz CT molecular complexity index is 1170. The first-order valence-electron chi connectivity index (χ1n) is 10.1. The average Bonchev–Trinajstić information content (AvgIpc) is 3.29. The zero-order chi connectivity index (χ0) is 20.0. The summed E-state index contributed by atoms with van der Waals surface area (Å²) in [7, 11) is 0. The van der Waals surface area contributed by atoms with E-state index in [1.54, 1.807) is 0 Å². The van der Waals surface area contributed by atoms with Crippen LogP contribution in [-0.4, -0.2) is 38.4 Å². The number of benzene rings is 2. The summed E-state index contributed by atoms with van der Waals surface area (Å²) in [5, 5.41) is 1.15. The van der Waals surface area contributed by atoms with E-state index in [1.807, 2.05) is 35.2 Å². The van der Waals surface area contributed by atoms with E-state index in [9.17, 15) is 4.79 Å². The number of rotatable bonds is 3. The lowest BCUT2D eigenvalue weighted by molar-refractivity contribution is -0.132. The molecule has 0 saturated carbocycles. The molecule has 29 heavy (non-hydrogen) atoms. The lowest BCUT2D eigenvalue weighted by atomic mass is 9.96. The van der Waals surface area contributed by atoms with E-state index >= 15 is 0 Å². The summed E-state index contributed by atoms with van der Waals surface area (Å²) in [6.45, 7) is 4.00. The molecule has 5 nitrogen and oxygen atoms in total. The number of hydrogen-bond acceptors (Lipinski definition) is 2. The van der Waals surface area contributed by atoms with E-state index in [0.717, 1.165) is 63.9 Å². The number of likely N-dealkylation sites (tertiary alicyclic amines) is 1. The second-order valence-electron chi connectivity index (χ2n) is 7.80. The number of nitrogens with one attached hydrogen (secondary N) is 1. The van der Waals surface area contributed by atoms with Crippen LogP contribution in [0.25, 0.3) is 21.9 Å². The number of nitrogens with zero attached hydrogens (tertiary/aromatic N) is 3. The summed E-state index contributed by atoms with van der Waals surface area (Å²) < 4.78 is 3.19. The highest BCUT2D eigenvalue weighted by Gasteiger charge is 2.26. The van der Waals surface area contributed by atoms with Gasteiger partial charge in [0, 0.05) is 40.1 Å². The molecule has 1 fully saturated rings. The maximum Gasteiger partial charge on any atom is 0.242 e. The second-order valence-corrected chi connectivity index (χ2v) is 8.59. The highest BCUT2D eigenvalue weighted by atomic mass is 79.9. The van der Waals surface area contributed by atoms with Gasteiger partial charge in [-0.2, -0.15) is 0 Å². The molecule has 0 spiro atoms. The first-order chi connectivity index (χ1) is 14.1. The van der Waals surface area contributed by atoms with Crippen molar-refractivity contribution in [3.8, 4) is 0 Å². The summed E-state index contributed by atoms with van der Waals surface area (Å²) >= 11 is 3.68. The van der Waals surface area contributed by atoms with Gasteiger partial charge in [0.25, 0.3) is 0 Å². The van der Waals surface area contributed by atoms with Crippen molar-refractivity contribution in [3.05, 3.63) is 64.5 Å². The molecule has 2 aromatic heterocycles. The van der Waals surface area contributed by atoms with Crippen LogP contribution in [0.1, 0.15) is 30.3 Å². The van der Waals surface area contributed by atoms with Crippen LogP contribution in [0.4, 0.5) is 0 Å². The Morgan fingerprint density at radius 2 is 1.86 bits per heavy atom. The Morgan fingerprint density at radius 3 is 2.66 bits per heavy atom. The van der Waals surface area contributed by atoms with Crippen LogP contribution in [-0.2, 0) is 11.3 Å². The van der Waals surface area contributed by atoms with E-state index in [1.165, 1.54) is 0 Å². The SMILES string of the molecule is Cc1c(Br)c2ccccc2n1CC(=O)N1CCC(c2nc3ccccc3[nH]2)CC1. The quantitative estimate of drug-likeness (QED) is 0.477. The third kappa shape index (κ3) is 3.25. The van der Waals surface area contributed by atoms with Crippen LogP contribution in [0.5, 0.6) is 0 Å². The molecule has 1 aliphatic rings. The fraction of sp³-hybridized carbons (Fsp3) is 0.304. The number of carbonyl (C=O) groups is 1. The van der Waals surface area contributed by atoms with Crippen LogP contribution < -0.4 is 0 Å². The molecule has 0 bridgehead atoms. The summed E-state index contributed by atoms with van der Waals surface area (Å²) in [5.41, 5.74) is 4.29. The maximum absolute atomic E-state index is 13.0. The van der Waals surface area contributed by atoms with Gasteiger partial charge in [-0.3, -0.25) is 4.79 Å². The first kappa shape index (κ1) is 18.4. The predicted molar refractivity (Wildman–Crippen MR) is 119 cm³/mol. The molecular formula is C23H23BrN4O. The molecule has 0 unspecified atom stereocenters. The van der Waals surface area contributed by atoms with Crippen LogP contribution in [0.2, 0.25) is 0 Å². The molecule has 148 valence electrons. The zero-order valence-corrected chi connectivity index (χ0v) is 17.9. The molecule has 5 rings (SSSR count). The molecule has 4 aromatic rings. The van der Waals surface area contributed by atoms with Crippen LogP contribution in [0.15, 0.2) is 53.0 Å². The minimum absolute atomic E-state index is 0.185. The first-order valence-corrected chi connectivity index (χ1v) is 10.9. The number of hydrogen-bond donors (Lipinski definition) is 1. The largest absolute Gasteiger partial charge is 0.342 e. The number of halogens is 1. The number of carbonyl (C=O) groups excluding carboxylic acids is 1. The van der Waals surface area contributed by atoms with Crippen LogP contribution >= 0.6 is 15.9 Å². The second kappa shape index (κ2) is 7.34. The van der Waals surface area contributed by atoms with Gasteiger partial charge in [-0.05, 0) is 53.9 Å². The monoisotopic (exact) mass is 450 g/mol. The van der Waals surface area contributed by atoms with E-state index in [-0.39, 0.29) is 5.91 Å². The summed E-state index contributed by atoms with van der Waals surface area (Å²) in [6.07, 6.45) is 1.89. The topological polar surface area (TPSA) is 53.9 Å². The molecular weight excluding hydrogens is 428 g/mol. The van der Waals surface area contributed by atoms with Crippen LogP contribution in [0, 0.1) is 6.92 Å². The number of amides is 1. The van der Waals surface area contributed by atoms with Crippen molar-refractivity contribution in [1.29, 1.82) is 0 Å². The van der Waals surface area contributed by atoms with E-state index in [0.29, 0.717) is 12.5 Å². The van der Waals surface area contributed by atoms with Gasteiger partial charge in [0.2, 0.25) is 5.91 Å². The number of fused-ring (bicyclic) bond motifs is 2. The van der Waals surface area contributed by atoms with Gasteiger partial charge in [0.05, 0.1) is 11.0 Å². The minimum Gasteiger partial charge on any atom is -0.342 e. The number of H-pyrrole nitrogens is 1. The highest BCUT2D eigenvalue weighted by Crippen LogP contribution is 2.31. The normalized spacial score (nSPS) is 15.4. The van der Waals surface area contributed by atoms with Crippen molar-refractivity contribution in [3.63, 3.8) is 0 Å². The summed E-state index contributed by atoms with van der Waals surface area (Å²) in [5.74, 6) is 1.62. The number of imidazole rings is 1. The van der Waals surface area contributed by atoms with Gasteiger partial charge < -0.3 is 14.5 Å². The molecule has 0 atom stereocenters. The smallest absolute Gasteiger partial charge is 0.242 e. The van der Waals surface area contributed by atoms with Gasteiger partial charge in [0.1, 0.15) is 12.4 Å². The van der Waals surface area contributed by atoms with Gasteiger partial charge in [0.15, 0.2) is 0 Å². The Balaban J connectivity index is 1.29. The minimum atomic E-state index is 0.185. The van der Waals surface area contributed by atoms with Crippen molar-refractivity contribution in [1.82, 2.24) is 19.4 Å². The third-order valence-corrected chi connectivity index (χ3v) is 7.09. The number of aromatic nitrogens is 3. The number of aromatic amines is 1. The van der Waals surface area contributed by atoms with Gasteiger partial charge in [-0.15, -0.1) is 0 Å². The van der Waals surface area contributed by atoms with Crippen molar-refractivity contribution < 1.29 is 4.79 Å². The van der Waals surface area contributed by atoms with Gasteiger partial charge in [-0.1, -0.05) is 30.3 Å². The Kier molecular flexibility index (Phi) is 4.66. The molecule has 2 aromatic carbocycles. The molecule has 1 amide bonds. The standard InChI is InChI=1S/C23H23BrN4O/c1-15-22(24)17-6-2-5-9-20(17)28(15)14-21(29)27-12-10-16(11-13-27)23-25-18-7-3-4-8-19(18)26-23/h2-9,16H,10-14H2,1H3,(H,25,26). The molecule has 6 heteroatoms. The fourth-order valence-electron chi connectivity index (χ4n) is 4.40. The summed E-state index contributed by atoms with van der Waals surface area (Å²) in [6, 6.07) is 16.4. The third-order valence-electron chi connectivity index (χ3n) is 6.09. The predicted octanol–water partition coefficient (Wildman–Crippen LogP) is 4.99. The number of para-hydroxylation sites is 3. The van der Waals surface area contributed by atoms with Gasteiger partial charge in [-0.25, -0.2) is 4.98 Å². The highest BCUT2D eigenvalue weighted by molar-refractivity contribution is 9.10. The van der Waals surface area contributed by atoms with Crippen molar-refractivity contribution in [2.75, 3.05) is 13.1 Å². The van der Waals surface area contributed by atoms with Crippen molar-refractivity contribution >= 4 is 43.8 Å². The Morgan fingerprint density at radius 1 is 1.14 bits per heavy atom. The lowest BCUT2D eigenvalue weighted by Gasteiger charge is -2.31. The molecule has 1 aliphatic heterocycles. The van der Waals surface area contributed by atoms with Crippen molar-refractivity contribution in [2.24, 2.45) is 0 Å². The molecule has 3 heterocycles. The average molecular weight is 451 g/mol. The maximum atomic E-state index is 13.0. The Hall–Kier alpha value is -2.60. The summed E-state index contributed by atoms with van der Waals surface area (Å²) in [4.78, 5) is 23.2. The van der Waals surface area contributed by atoms with Crippen molar-refractivity contribution in [2.45, 2.75) is 32.2 Å². The molecule has 0 aliphatic carbocycles. The lowest BCUT2D eigenvalue weighted by Crippen LogP contribution is -2.40. The van der Waals surface area contributed by atoms with Gasteiger partial charge >= 0.3 is 0 Å². The molecule has 1 N–H and O–H groups in total.